The lowest BCUT2D eigenvalue weighted by Gasteiger charge is -2.35. The first-order valence-corrected chi connectivity index (χ1v) is 21.3. The third kappa shape index (κ3) is 12.7. The van der Waals surface area contributed by atoms with E-state index in [9.17, 15) is 29.0 Å². The standard InChI is InChI=1S/C47H54FN3O10S/c1-30-5-7-31(8-6-30)27-49-45(55)39-25-35(53)28-51(39)46(56)44(47(2,3)4)50-41(54)29-59-22-21-57-19-20-58-23-24-60-36-14-16-37(17-15-36)61-42-38-18-13-34(52)26-40(38)62-43(42)32-9-11-33(48)12-10-32/h5-18,26,35,39,44,52-53H,19-25,27-29H2,1-4H3,(H,49,55)(H,50,54)/t35-,39+,44-/m1/s1. The molecule has 0 unspecified atom stereocenters. The Morgan fingerprint density at radius 3 is 2.18 bits per heavy atom. The van der Waals surface area contributed by atoms with Crippen LogP contribution in [0, 0.1) is 18.2 Å². The Morgan fingerprint density at radius 2 is 1.50 bits per heavy atom. The summed E-state index contributed by atoms with van der Waals surface area (Å²) in [5.74, 6) is 0.355. The van der Waals surface area contributed by atoms with Gasteiger partial charge < -0.3 is 49.4 Å². The van der Waals surface area contributed by atoms with Crippen LogP contribution < -0.4 is 20.1 Å². The van der Waals surface area contributed by atoms with Crippen LogP contribution in [-0.2, 0) is 35.1 Å². The van der Waals surface area contributed by atoms with E-state index < -0.39 is 35.4 Å². The van der Waals surface area contributed by atoms with Crippen molar-refractivity contribution in [3.05, 3.63) is 108 Å². The summed E-state index contributed by atoms with van der Waals surface area (Å²) in [6.07, 6.45) is -0.750. The molecule has 0 saturated carbocycles. The molecule has 3 atom stereocenters. The van der Waals surface area contributed by atoms with Crippen molar-refractivity contribution in [2.45, 2.75) is 58.8 Å². The molecule has 1 fully saturated rings. The number of carbonyl (C=O) groups is 3. The van der Waals surface area contributed by atoms with E-state index in [1.807, 2.05) is 52.0 Å². The lowest BCUT2D eigenvalue weighted by Crippen LogP contribution is -2.58. The van der Waals surface area contributed by atoms with Crippen molar-refractivity contribution in [1.82, 2.24) is 15.5 Å². The maximum atomic E-state index is 13.8. The number of aromatic hydroxyl groups is 1. The Morgan fingerprint density at radius 1 is 0.855 bits per heavy atom. The number of carbonyl (C=O) groups excluding carboxylic acids is 3. The van der Waals surface area contributed by atoms with Gasteiger partial charge in [-0.05, 0) is 78.1 Å². The summed E-state index contributed by atoms with van der Waals surface area (Å²) < 4.78 is 43.3. The first-order chi connectivity index (χ1) is 29.7. The maximum Gasteiger partial charge on any atom is 0.246 e. The van der Waals surface area contributed by atoms with Crippen LogP contribution in [-0.4, -0.2) is 104 Å². The second-order valence-electron chi connectivity index (χ2n) is 16.1. The number of thiophene rings is 1. The van der Waals surface area contributed by atoms with Gasteiger partial charge in [0, 0.05) is 29.6 Å². The molecular weight excluding hydrogens is 818 g/mol. The molecule has 5 aromatic rings. The van der Waals surface area contributed by atoms with Crippen LogP contribution >= 0.6 is 11.3 Å². The lowest BCUT2D eigenvalue weighted by atomic mass is 9.85. The van der Waals surface area contributed by atoms with Crippen LogP contribution in [0.2, 0.25) is 0 Å². The molecule has 0 radical (unpaired) electrons. The van der Waals surface area contributed by atoms with Gasteiger partial charge >= 0.3 is 0 Å². The van der Waals surface area contributed by atoms with Crippen LogP contribution in [0.4, 0.5) is 4.39 Å². The normalized spacial score (nSPS) is 15.7. The van der Waals surface area contributed by atoms with Gasteiger partial charge in [-0.2, -0.15) is 0 Å². The second-order valence-corrected chi connectivity index (χ2v) is 17.2. The summed E-state index contributed by atoms with van der Waals surface area (Å²) >= 11 is 1.45. The monoisotopic (exact) mass is 871 g/mol. The fraction of sp³-hybridized carbons (Fsp3) is 0.383. The highest BCUT2D eigenvalue weighted by atomic mass is 32.1. The van der Waals surface area contributed by atoms with E-state index in [4.69, 9.17) is 23.7 Å². The highest BCUT2D eigenvalue weighted by Crippen LogP contribution is 2.47. The number of halogens is 1. The lowest BCUT2D eigenvalue weighted by molar-refractivity contribution is -0.144. The number of aliphatic hydroxyl groups excluding tert-OH is 1. The summed E-state index contributed by atoms with van der Waals surface area (Å²) in [6.45, 7) is 9.07. The molecule has 6 rings (SSSR count). The minimum atomic E-state index is -0.958. The third-order valence-electron chi connectivity index (χ3n) is 10.1. The summed E-state index contributed by atoms with van der Waals surface area (Å²) in [6, 6.07) is 24.4. The van der Waals surface area contributed by atoms with Crippen molar-refractivity contribution in [3.63, 3.8) is 0 Å². The number of aliphatic hydroxyl groups is 1. The molecule has 0 bridgehead atoms. The first kappa shape index (κ1) is 45.9. The van der Waals surface area contributed by atoms with Crippen molar-refractivity contribution < 1.29 is 52.7 Å². The first-order valence-electron chi connectivity index (χ1n) is 20.5. The molecule has 1 aliphatic rings. The molecule has 62 heavy (non-hydrogen) atoms. The van der Waals surface area contributed by atoms with Gasteiger partial charge in [-0.25, -0.2) is 4.39 Å². The third-order valence-corrected chi connectivity index (χ3v) is 11.3. The topological polar surface area (TPSA) is 165 Å². The van der Waals surface area contributed by atoms with Crippen LogP contribution in [0.1, 0.15) is 38.3 Å². The number of fused-ring (bicyclic) bond motifs is 1. The molecule has 1 aliphatic heterocycles. The molecule has 330 valence electrons. The van der Waals surface area contributed by atoms with Crippen LogP contribution in [0.15, 0.2) is 91.0 Å². The summed E-state index contributed by atoms with van der Waals surface area (Å²) in [5, 5.41) is 26.9. The average molecular weight is 872 g/mol. The number of phenols is 1. The molecule has 13 nitrogen and oxygen atoms in total. The predicted octanol–water partition coefficient (Wildman–Crippen LogP) is 6.75. The Bertz CT molecular complexity index is 2260. The summed E-state index contributed by atoms with van der Waals surface area (Å²) in [7, 11) is 0. The molecule has 0 spiro atoms. The largest absolute Gasteiger partial charge is 0.508 e. The Kier molecular flexibility index (Phi) is 15.9. The van der Waals surface area contributed by atoms with Crippen molar-refractivity contribution in [1.29, 1.82) is 0 Å². The molecule has 1 saturated heterocycles. The van der Waals surface area contributed by atoms with Crippen molar-refractivity contribution in [3.8, 4) is 33.4 Å². The highest BCUT2D eigenvalue weighted by Gasteiger charge is 2.44. The zero-order chi connectivity index (χ0) is 44.2. The molecular formula is C47H54FN3O10S. The number of hydrogen-bond donors (Lipinski definition) is 4. The number of hydrogen-bond acceptors (Lipinski definition) is 11. The van der Waals surface area contributed by atoms with Gasteiger partial charge in [0.2, 0.25) is 17.7 Å². The van der Waals surface area contributed by atoms with Gasteiger partial charge in [-0.15, -0.1) is 11.3 Å². The summed E-state index contributed by atoms with van der Waals surface area (Å²) in [5.41, 5.74) is 2.14. The number of β-amino-alcohol motifs (C(OH)–C–C–N with tert-alkyl or cyclic N) is 1. The smallest absolute Gasteiger partial charge is 0.246 e. The van der Waals surface area contributed by atoms with Crippen LogP contribution in [0.25, 0.3) is 20.5 Å². The van der Waals surface area contributed by atoms with E-state index in [0.29, 0.717) is 50.2 Å². The number of likely N-dealkylation sites (tertiary alicyclic amines) is 1. The minimum absolute atomic E-state index is 0.00899. The van der Waals surface area contributed by atoms with Crippen LogP contribution in [0.3, 0.4) is 0 Å². The van der Waals surface area contributed by atoms with Crippen molar-refractivity contribution in [2.24, 2.45) is 5.41 Å². The second kappa shape index (κ2) is 21.5. The number of ether oxygens (including phenoxy) is 5. The van der Waals surface area contributed by atoms with E-state index >= 15 is 0 Å². The minimum Gasteiger partial charge on any atom is -0.508 e. The number of phenolic OH excluding ortho intramolecular Hbond substituents is 1. The SMILES string of the molecule is Cc1ccc(CNC(=O)[C@@H]2C[C@@H](O)CN2C(=O)[C@@H](NC(=O)COCCOCCOCCOc2ccc(Oc3c(-c4ccc(F)cc4)sc4cc(O)ccc34)cc2)C(C)(C)C)cc1. The van der Waals surface area contributed by atoms with Gasteiger partial charge in [0.15, 0.2) is 5.75 Å². The van der Waals surface area contributed by atoms with E-state index in [-0.39, 0.29) is 50.3 Å². The van der Waals surface area contributed by atoms with E-state index in [1.165, 1.54) is 28.4 Å². The fourth-order valence-corrected chi connectivity index (χ4v) is 8.00. The zero-order valence-electron chi connectivity index (χ0n) is 35.4. The Balaban J connectivity index is 0.854. The molecule has 4 aromatic carbocycles. The van der Waals surface area contributed by atoms with Crippen molar-refractivity contribution in [2.75, 3.05) is 52.8 Å². The molecule has 1 aromatic heterocycles. The van der Waals surface area contributed by atoms with E-state index in [0.717, 1.165) is 31.7 Å². The molecule has 2 heterocycles. The van der Waals surface area contributed by atoms with Gasteiger partial charge in [0.1, 0.15) is 48.4 Å². The Hall–Kier alpha value is -5.58. The number of nitrogens with zero attached hydrogens (tertiary/aromatic N) is 1. The zero-order valence-corrected chi connectivity index (χ0v) is 36.2. The van der Waals surface area contributed by atoms with Crippen molar-refractivity contribution >= 4 is 39.1 Å². The number of rotatable bonds is 20. The molecule has 0 aliphatic carbocycles. The molecule has 4 N–H and O–H groups in total. The van der Waals surface area contributed by atoms with Gasteiger partial charge in [-0.1, -0.05) is 62.7 Å². The molecule has 15 heteroatoms. The maximum absolute atomic E-state index is 13.8. The van der Waals surface area contributed by atoms with Crippen LogP contribution in [0.5, 0.6) is 23.0 Å². The number of benzene rings is 4. The number of nitrogens with one attached hydrogen (secondary N) is 2. The van der Waals surface area contributed by atoms with Gasteiger partial charge in [0.25, 0.3) is 0 Å². The summed E-state index contributed by atoms with van der Waals surface area (Å²) in [4.78, 5) is 42.0. The quantitative estimate of drug-likeness (QED) is 0.0615. The fourth-order valence-electron chi connectivity index (χ4n) is 6.84. The Labute approximate surface area is 364 Å². The average Bonchev–Trinajstić information content (AvgIpc) is 3.81. The van der Waals surface area contributed by atoms with E-state index in [1.54, 1.807) is 54.6 Å². The predicted molar refractivity (Wildman–Crippen MR) is 234 cm³/mol. The van der Waals surface area contributed by atoms with E-state index in [2.05, 4.69) is 10.6 Å². The van der Waals surface area contributed by atoms with Gasteiger partial charge in [-0.3, -0.25) is 14.4 Å². The van der Waals surface area contributed by atoms with Gasteiger partial charge in [0.05, 0.1) is 44.0 Å². The highest BCUT2D eigenvalue weighted by molar-refractivity contribution is 7.22. The number of aryl methyl sites for hydroxylation is 1. The molecule has 3 amide bonds. The number of amides is 3.